The molecule has 2 heterocycles. The number of halogens is 3. The van der Waals surface area contributed by atoms with Crippen molar-refractivity contribution in [2.24, 2.45) is 0 Å². The maximum Gasteiger partial charge on any atom is 0.435 e. The molecule has 108 valence electrons. The van der Waals surface area contributed by atoms with Gasteiger partial charge in [0.1, 0.15) is 11.6 Å². The number of hydrogen-bond acceptors (Lipinski definition) is 4. The molecular formula is C12H14F3N5. The van der Waals surface area contributed by atoms with E-state index in [4.69, 9.17) is 0 Å². The molecule has 0 aliphatic heterocycles. The van der Waals surface area contributed by atoms with Crippen molar-refractivity contribution in [3.63, 3.8) is 0 Å². The average molecular weight is 285 g/mol. The summed E-state index contributed by atoms with van der Waals surface area (Å²) in [4.78, 5) is 8.38. The standard InChI is InChI=1S/C12H14F3N5/c1-4-16-10-7(2)11(18-8(3)17-10)20-6-5-9(19-20)12(13,14)15/h5-6H,4H2,1-3H3,(H,16,17,18). The van der Waals surface area contributed by atoms with Crippen molar-refractivity contribution < 1.29 is 13.2 Å². The van der Waals surface area contributed by atoms with Crippen LogP contribution in [0.25, 0.3) is 5.82 Å². The monoisotopic (exact) mass is 285 g/mol. The molecule has 0 saturated heterocycles. The number of aryl methyl sites for hydroxylation is 1. The van der Waals surface area contributed by atoms with Crippen molar-refractivity contribution in [2.45, 2.75) is 26.9 Å². The topological polar surface area (TPSA) is 55.6 Å². The molecule has 8 heteroatoms. The molecule has 2 aromatic heterocycles. The minimum Gasteiger partial charge on any atom is -0.370 e. The zero-order valence-corrected chi connectivity index (χ0v) is 11.3. The van der Waals surface area contributed by atoms with Gasteiger partial charge in [-0.05, 0) is 26.8 Å². The number of nitrogens with zero attached hydrogens (tertiary/aromatic N) is 4. The Morgan fingerprint density at radius 1 is 1.25 bits per heavy atom. The molecule has 20 heavy (non-hydrogen) atoms. The molecule has 0 atom stereocenters. The van der Waals surface area contributed by atoms with Crippen LogP contribution in [0.5, 0.6) is 0 Å². The molecular weight excluding hydrogens is 271 g/mol. The average Bonchev–Trinajstić information content (AvgIpc) is 2.82. The van der Waals surface area contributed by atoms with Crippen LogP contribution in [0.1, 0.15) is 24.0 Å². The van der Waals surface area contributed by atoms with E-state index in [2.05, 4.69) is 20.4 Å². The second-order valence-corrected chi connectivity index (χ2v) is 4.24. The molecule has 0 fully saturated rings. The molecule has 0 aliphatic rings. The SMILES string of the molecule is CCNc1nc(C)nc(-n2ccc(C(F)(F)F)n2)c1C. The van der Waals surface area contributed by atoms with Crippen LogP contribution < -0.4 is 5.32 Å². The lowest BCUT2D eigenvalue weighted by atomic mass is 10.3. The summed E-state index contributed by atoms with van der Waals surface area (Å²) in [5, 5.41) is 6.58. The van der Waals surface area contributed by atoms with Crippen molar-refractivity contribution in [3.8, 4) is 5.82 Å². The number of anilines is 1. The van der Waals surface area contributed by atoms with Gasteiger partial charge in [-0.3, -0.25) is 0 Å². The Hall–Kier alpha value is -2.12. The summed E-state index contributed by atoms with van der Waals surface area (Å²) in [5.74, 6) is 1.40. The molecule has 0 aliphatic carbocycles. The van der Waals surface area contributed by atoms with Crippen molar-refractivity contribution >= 4 is 5.82 Å². The molecule has 0 saturated carbocycles. The predicted octanol–water partition coefficient (Wildman–Crippen LogP) is 2.73. The van der Waals surface area contributed by atoms with E-state index in [1.807, 2.05) is 6.92 Å². The first-order valence-corrected chi connectivity index (χ1v) is 6.05. The van der Waals surface area contributed by atoms with Gasteiger partial charge >= 0.3 is 6.18 Å². The van der Waals surface area contributed by atoms with Crippen LogP contribution in [0, 0.1) is 13.8 Å². The molecule has 0 amide bonds. The van der Waals surface area contributed by atoms with Crippen LogP contribution in [0.2, 0.25) is 0 Å². The molecule has 0 unspecified atom stereocenters. The number of aromatic nitrogens is 4. The molecule has 0 bridgehead atoms. The maximum atomic E-state index is 12.6. The summed E-state index contributed by atoms with van der Waals surface area (Å²) >= 11 is 0. The number of hydrogen-bond donors (Lipinski definition) is 1. The van der Waals surface area contributed by atoms with Crippen LogP contribution in [-0.2, 0) is 6.18 Å². The van der Waals surface area contributed by atoms with Gasteiger partial charge in [0.2, 0.25) is 0 Å². The van der Waals surface area contributed by atoms with Crippen LogP contribution in [0.4, 0.5) is 19.0 Å². The van der Waals surface area contributed by atoms with Crippen molar-refractivity contribution in [1.82, 2.24) is 19.7 Å². The Kier molecular flexibility index (Phi) is 3.65. The van der Waals surface area contributed by atoms with Gasteiger partial charge in [0.15, 0.2) is 11.5 Å². The third-order valence-corrected chi connectivity index (χ3v) is 2.67. The zero-order chi connectivity index (χ0) is 14.9. The largest absolute Gasteiger partial charge is 0.435 e. The third kappa shape index (κ3) is 2.73. The molecule has 0 radical (unpaired) electrons. The first-order chi connectivity index (χ1) is 9.32. The van der Waals surface area contributed by atoms with E-state index in [9.17, 15) is 13.2 Å². The highest BCUT2D eigenvalue weighted by Crippen LogP contribution is 2.28. The first-order valence-electron chi connectivity index (χ1n) is 6.05. The predicted molar refractivity (Wildman–Crippen MR) is 67.8 cm³/mol. The van der Waals surface area contributed by atoms with Gasteiger partial charge in [-0.2, -0.15) is 18.3 Å². The van der Waals surface area contributed by atoms with E-state index in [1.54, 1.807) is 13.8 Å². The summed E-state index contributed by atoms with van der Waals surface area (Å²) in [5.41, 5.74) is -0.299. The van der Waals surface area contributed by atoms with E-state index >= 15 is 0 Å². The van der Waals surface area contributed by atoms with Gasteiger partial charge in [0.05, 0.1) is 0 Å². The lowest BCUT2D eigenvalue weighted by molar-refractivity contribution is -0.141. The summed E-state index contributed by atoms with van der Waals surface area (Å²) in [7, 11) is 0. The quantitative estimate of drug-likeness (QED) is 0.942. The second kappa shape index (κ2) is 5.10. The third-order valence-electron chi connectivity index (χ3n) is 2.67. The van der Waals surface area contributed by atoms with Gasteiger partial charge in [-0.15, -0.1) is 0 Å². The minimum absolute atomic E-state index is 0.337. The maximum absolute atomic E-state index is 12.6. The molecule has 5 nitrogen and oxygen atoms in total. The highest BCUT2D eigenvalue weighted by molar-refractivity contribution is 5.51. The van der Waals surface area contributed by atoms with Gasteiger partial charge < -0.3 is 5.32 Å². The van der Waals surface area contributed by atoms with Crippen LogP contribution >= 0.6 is 0 Å². The lowest BCUT2D eigenvalue weighted by Crippen LogP contribution is -2.12. The fraction of sp³-hybridized carbons (Fsp3) is 0.417. The normalized spacial score (nSPS) is 11.7. The molecule has 2 rings (SSSR count). The molecule has 1 N–H and O–H groups in total. The van der Waals surface area contributed by atoms with Crippen molar-refractivity contribution in [3.05, 3.63) is 29.3 Å². The molecule has 0 aromatic carbocycles. The summed E-state index contributed by atoms with van der Waals surface area (Å²) in [6.45, 7) is 5.98. The highest BCUT2D eigenvalue weighted by Gasteiger charge is 2.33. The van der Waals surface area contributed by atoms with Crippen LogP contribution in [0.15, 0.2) is 12.3 Å². The Balaban J connectivity index is 2.50. The van der Waals surface area contributed by atoms with Gasteiger partial charge in [-0.1, -0.05) is 0 Å². The molecule has 2 aromatic rings. The van der Waals surface area contributed by atoms with Gasteiger partial charge in [0, 0.05) is 18.3 Å². The first kappa shape index (κ1) is 14.3. The fourth-order valence-electron chi connectivity index (χ4n) is 1.77. The smallest absolute Gasteiger partial charge is 0.370 e. The second-order valence-electron chi connectivity index (χ2n) is 4.24. The van der Waals surface area contributed by atoms with E-state index < -0.39 is 11.9 Å². The lowest BCUT2D eigenvalue weighted by Gasteiger charge is -2.11. The minimum atomic E-state index is -4.47. The summed E-state index contributed by atoms with van der Waals surface area (Å²) < 4.78 is 38.8. The summed E-state index contributed by atoms with van der Waals surface area (Å²) in [6, 6.07) is 0.920. The Labute approximate surface area is 113 Å². The van der Waals surface area contributed by atoms with Gasteiger partial charge in [-0.25, -0.2) is 14.6 Å². The van der Waals surface area contributed by atoms with E-state index in [-0.39, 0.29) is 0 Å². The van der Waals surface area contributed by atoms with Crippen molar-refractivity contribution in [2.75, 3.05) is 11.9 Å². The van der Waals surface area contributed by atoms with Crippen LogP contribution in [-0.4, -0.2) is 26.3 Å². The van der Waals surface area contributed by atoms with Crippen LogP contribution in [0.3, 0.4) is 0 Å². The Morgan fingerprint density at radius 2 is 1.95 bits per heavy atom. The number of rotatable bonds is 3. The molecule has 0 spiro atoms. The fourth-order valence-corrected chi connectivity index (χ4v) is 1.77. The Bertz CT molecular complexity index is 618. The zero-order valence-electron chi connectivity index (χ0n) is 11.3. The summed E-state index contributed by atoms with van der Waals surface area (Å²) in [6.07, 6.45) is -3.22. The van der Waals surface area contributed by atoms with Crippen molar-refractivity contribution in [1.29, 1.82) is 0 Å². The highest BCUT2D eigenvalue weighted by atomic mass is 19.4. The number of alkyl halides is 3. The number of nitrogens with one attached hydrogen (secondary N) is 1. The Morgan fingerprint density at radius 3 is 2.50 bits per heavy atom. The van der Waals surface area contributed by atoms with E-state index in [0.717, 1.165) is 10.7 Å². The van der Waals surface area contributed by atoms with E-state index in [1.165, 1.54) is 6.20 Å². The van der Waals surface area contributed by atoms with Gasteiger partial charge in [0.25, 0.3) is 0 Å². The van der Waals surface area contributed by atoms with E-state index in [0.29, 0.717) is 29.6 Å².